The molecule has 1 amide bonds. The van der Waals surface area contributed by atoms with Gasteiger partial charge in [0, 0.05) is 13.2 Å². The molecular formula is C21H22N2O6S2. The Kier molecular flexibility index (Phi) is 6.49. The van der Waals surface area contributed by atoms with Crippen molar-refractivity contribution in [2.45, 2.75) is 40.9 Å². The van der Waals surface area contributed by atoms with Gasteiger partial charge in [0.05, 0.1) is 23.0 Å². The lowest BCUT2D eigenvalue weighted by molar-refractivity contribution is -0.119. The number of ether oxygens (including phenoxy) is 1. The molecule has 2 aromatic heterocycles. The third-order valence-electron chi connectivity index (χ3n) is 4.77. The highest BCUT2D eigenvalue weighted by atomic mass is 32.2. The van der Waals surface area contributed by atoms with Gasteiger partial charge in [-0.15, -0.1) is 0 Å². The average molecular weight is 463 g/mol. The van der Waals surface area contributed by atoms with Crippen molar-refractivity contribution in [3.8, 4) is 11.7 Å². The number of aryl methyl sites for hydroxylation is 1. The lowest BCUT2D eigenvalue weighted by Crippen LogP contribution is -2.32. The van der Waals surface area contributed by atoms with Gasteiger partial charge in [0.25, 0.3) is 5.89 Å². The standard InChI is InChI=1S/C21H22N2O6S2/c1-14-6-8-16(9-7-14)31(25,26)20-21(29-19(23-20)17-5-3-11-28-17)30-13-18(24)22-12-15-4-2-10-27-15/h3,5-9,11,15H,2,4,10,12-13H2,1H3,(H,22,24)/t15-/m1/s1. The van der Waals surface area contributed by atoms with E-state index in [9.17, 15) is 13.2 Å². The molecule has 1 aliphatic heterocycles. The van der Waals surface area contributed by atoms with Gasteiger partial charge in [0.1, 0.15) is 0 Å². The number of sulfone groups is 1. The van der Waals surface area contributed by atoms with Crippen LogP contribution in [-0.4, -0.2) is 44.3 Å². The zero-order valence-electron chi connectivity index (χ0n) is 16.9. The molecule has 0 bridgehead atoms. The van der Waals surface area contributed by atoms with Crippen LogP contribution >= 0.6 is 11.8 Å². The Morgan fingerprint density at radius 3 is 2.74 bits per heavy atom. The molecule has 1 fully saturated rings. The zero-order chi connectivity index (χ0) is 21.8. The molecule has 0 radical (unpaired) electrons. The van der Waals surface area contributed by atoms with Crippen molar-refractivity contribution in [2.24, 2.45) is 0 Å². The smallest absolute Gasteiger partial charge is 0.265 e. The Bertz CT molecular complexity index is 1130. The van der Waals surface area contributed by atoms with Crippen molar-refractivity contribution >= 4 is 27.5 Å². The molecule has 0 aliphatic carbocycles. The summed E-state index contributed by atoms with van der Waals surface area (Å²) in [6.45, 7) is 3.02. The fraction of sp³-hybridized carbons (Fsp3) is 0.333. The van der Waals surface area contributed by atoms with Gasteiger partial charge >= 0.3 is 0 Å². The van der Waals surface area contributed by atoms with Gasteiger partial charge in [-0.2, -0.15) is 4.98 Å². The molecule has 1 saturated heterocycles. The molecule has 1 atom stereocenters. The van der Waals surface area contributed by atoms with Crippen LogP contribution in [0.3, 0.4) is 0 Å². The highest BCUT2D eigenvalue weighted by molar-refractivity contribution is 8.00. The summed E-state index contributed by atoms with van der Waals surface area (Å²) in [5.41, 5.74) is 0.938. The molecule has 4 rings (SSSR count). The van der Waals surface area contributed by atoms with Crippen LogP contribution in [0.15, 0.2) is 66.5 Å². The SMILES string of the molecule is Cc1ccc(S(=O)(=O)c2nc(-c3ccco3)oc2SCC(=O)NC[C@H]2CCCO2)cc1. The number of amides is 1. The van der Waals surface area contributed by atoms with E-state index >= 15 is 0 Å². The van der Waals surface area contributed by atoms with E-state index < -0.39 is 9.84 Å². The van der Waals surface area contributed by atoms with Gasteiger partial charge in [-0.25, -0.2) is 8.42 Å². The maximum absolute atomic E-state index is 13.2. The fourth-order valence-corrected chi connectivity index (χ4v) is 5.46. The lowest BCUT2D eigenvalue weighted by Gasteiger charge is -2.10. The molecule has 0 unspecified atom stereocenters. The number of nitrogens with zero attached hydrogens (tertiary/aromatic N) is 1. The maximum atomic E-state index is 13.2. The molecule has 1 aliphatic rings. The summed E-state index contributed by atoms with van der Waals surface area (Å²) in [5.74, 6) is 0.0822. The molecule has 8 nitrogen and oxygen atoms in total. The minimum atomic E-state index is -3.95. The second-order valence-electron chi connectivity index (χ2n) is 7.13. The third-order valence-corrected chi connectivity index (χ3v) is 7.52. The monoisotopic (exact) mass is 462 g/mol. The molecule has 10 heteroatoms. The van der Waals surface area contributed by atoms with E-state index in [1.54, 1.807) is 24.3 Å². The first-order valence-corrected chi connectivity index (χ1v) is 12.3. The predicted molar refractivity (Wildman–Crippen MR) is 114 cm³/mol. The average Bonchev–Trinajstić information content (AvgIpc) is 3.52. The van der Waals surface area contributed by atoms with Gasteiger partial charge in [0.15, 0.2) is 5.76 Å². The van der Waals surface area contributed by atoms with Crippen molar-refractivity contribution in [1.82, 2.24) is 10.3 Å². The maximum Gasteiger partial charge on any atom is 0.265 e. The molecule has 164 valence electrons. The number of carbonyl (C=O) groups excluding carboxylic acids is 1. The highest BCUT2D eigenvalue weighted by Gasteiger charge is 2.30. The quantitative estimate of drug-likeness (QED) is 0.507. The van der Waals surface area contributed by atoms with Crippen molar-refractivity contribution in [3.05, 3.63) is 48.2 Å². The van der Waals surface area contributed by atoms with Crippen molar-refractivity contribution < 1.29 is 26.8 Å². The molecule has 31 heavy (non-hydrogen) atoms. The number of furan rings is 1. The van der Waals surface area contributed by atoms with Gasteiger partial charge in [0.2, 0.25) is 25.9 Å². The van der Waals surface area contributed by atoms with Crippen LogP contribution in [0.1, 0.15) is 18.4 Å². The first kappa shape index (κ1) is 21.7. The Labute approximate surface area is 184 Å². The number of thioether (sulfide) groups is 1. The summed E-state index contributed by atoms with van der Waals surface area (Å²) in [6.07, 6.45) is 3.38. The number of nitrogens with one attached hydrogen (secondary N) is 1. The molecule has 0 saturated carbocycles. The van der Waals surface area contributed by atoms with Crippen LogP contribution < -0.4 is 5.32 Å². The first-order valence-electron chi connectivity index (χ1n) is 9.81. The molecule has 1 aromatic carbocycles. The van der Waals surface area contributed by atoms with E-state index in [0.717, 1.165) is 30.2 Å². The normalized spacial score (nSPS) is 16.5. The lowest BCUT2D eigenvalue weighted by atomic mass is 10.2. The van der Waals surface area contributed by atoms with Crippen LogP contribution in [-0.2, 0) is 19.4 Å². The minimum Gasteiger partial charge on any atom is -0.459 e. The van der Waals surface area contributed by atoms with Crippen LogP contribution in [0.5, 0.6) is 0 Å². The largest absolute Gasteiger partial charge is 0.459 e. The number of oxazole rings is 1. The van der Waals surface area contributed by atoms with Crippen LogP contribution in [0.25, 0.3) is 11.7 Å². The fourth-order valence-electron chi connectivity index (χ4n) is 3.10. The summed E-state index contributed by atoms with van der Waals surface area (Å²) in [7, 11) is -3.95. The molecular weight excluding hydrogens is 440 g/mol. The van der Waals surface area contributed by atoms with Gasteiger partial charge < -0.3 is 18.9 Å². The van der Waals surface area contributed by atoms with Crippen LogP contribution in [0.4, 0.5) is 0 Å². The summed E-state index contributed by atoms with van der Waals surface area (Å²) in [5, 5.41) is 2.62. The van der Waals surface area contributed by atoms with Crippen LogP contribution in [0, 0.1) is 6.92 Å². The molecule has 0 spiro atoms. The van der Waals surface area contributed by atoms with Crippen LogP contribution in [0.2, 0.25) is 0 Å². The number of carbonyl (C=O) groups is 1. The topological polar surface area (TPSA) is 112 Å². The first-order chi connectivity index (χ1) is 14.9. The number of hydrogen-bond donors (Lipinski definition) is 1. The molecule has 1 N–H and O–H groups in total. The minimum absolute atomic E-state index is 0.0179. The van der Waals surface area contributed by atoms with Gasteiger partial charge in [-0.1, -0.05) is 29.5 Å². The third kappa shape index (κ3) is 5.03. The predicted octanol–water partition coefficient (Wildman–Crippen LogP) is 3.46. The molecule has 3 aromatic rings. The number of aromatic nitrogens is 1. The summed E-state index contributed by atoms with van der Waals surface area (Å²) in [6, 6.07) is 9.75. The van der Waals surface area contributed by atoms with E-state index in [-0.39, 0.29) is 38.7 Å². The van der Waals surface area contributed by atoms with E-state index in [1.165, 1.54) is 18.4 Å². The van der Waals surface area contributed by atoms with E-state index in [2.05, 4.69) is 10.3 Å². The summed E-state index contributed by atoms with van der Waals surface area (Å²) < 4.78 is 42.9. The summed E-state index contributed by atoms with van der Waals surface area (Å²) >= 11 is 0.978. The van der Waals surface area contributed by atoms with E-state index in [1.807, 2.05) is 6.92 Å². The van der Waals surface area contributed by atoms with E-state index in [0.29, 0.717) is 18.9 Å². The number of benzene rings is 1. The Morgan fingerprint density at radius 2 is 2.06 bits per heavy atom. The Balaban J connectivity index is 1.55. The van der Waals surface area contributed by atoms with Crippen molar-refractivity contribution in [1.29, 1.82) is 0 Å². The van der Waals surface area contributed by atoms with E-state index in [4.69, 9.17) is 13.6 Å². The number of rotatable bonds is 8. The van der Waals surface area contributed by atoms with Crippen molar-refractivity contribution in [2.75, 3.05) is 18.9 Å². The van der Waals surface area contributed by atoms with Gasteiger partial charge in [-0.05, 0) is 44.0 Å². The van der Waals surface area contributed by atoms with Crippen molar-refractivity contribution in [3.63, 3.8) is 0 Å². The molecule has 3 heterocycles. The Hall–Kier alpha value is -2.56. The highest BCUT2D eigenvalue weighted by Crippen LogP contribution is 2.35. The zero-order valence-corrected chi connectivity index (χ0v) is 18.5. The second-order valence-corrected chi connectivity index (χ2v) is 9.95. The number of hydrogen-bond acceptors (Lipinski definition) is 8. The Morgan fingerprint density at radius 1 is 1.26 bits per heavy atom. The second kappa shape index (κ2) is 9.29. The van der Waals surface area contributed by atoms with Gasteiger partial charge in [-0.3, -0.25) is 4.79 Å². The summed E-state index contributed by atoms with van der Waals surface area (Å²) in [4.78, 5) is 16.5.